The van der Waals surface area contributed by atoms with Crippen molar-refractivity contribution in [2.75, 3.05) is 13.6 Å². The molecule has 0 unspecified atom stereocenters. The summed E-state index contributed by atoms with van der Waals surface area (Å²) in [7, 11) is 1.69. The van der Waals surface area contributed by atoms with Crippen LogP contribution in [0.15, 0.2) is 4.52 Å². The smallest absolute Gasteiger partial charge is 0.303 e. The minimum atomic E-state index is -0.837. The maximum Gasteiger partial charge on any atom is 0.303 e. The first-order valence-corrected chi connectivity index (χ1v) is 6.29. The molecule has 6 nitrogen and oxygen atoms in total. The van der Waals surface area contributed by atoms with Gasteiger partial charge in [0.25, 0.3) is 0 Å². The number of hydrogen-bond acceptors (Lipinski definition) is 4. The number of carboxylic acid groups (broad SMARTS) is 1. The predicted octanol–water partition coefficient (Wildman–Crippen LogP) is 1.55. The highest BCUT2D eigenvalue weighted by Crippen LogP contribution is 2.14. The Bertz CT molecular complexity index is 434. The number of nitrogens with zero attached hydrogens (tertiary/aromatic N) is 2. The van der Waals surface area contributed by atoms with E-state index >= 15 is 0 Å². The van der Waals surface area contributed by atoms with Gasteiger partial charge in [0.1, 0.15) is 5.76 Å². The summed E-state index contributed by atoms with van der Waals surface area (Å²) in [4.78, 5) is 23.8. The molecule has 0 fully saturated rings. The molecule has 0 saturated carbocycles. The normalized spacial score (nSPS) is 10.5. The Kier molecular flexibility index (Phi) is 5.54. The summed E-state index contributed by atoms with van der Waals surface area (Å²) in [6.45, 7) is 4.15. The molecule has 0 radical (unpaired) electrons. The molecule has 6 heteroatoms. The molecule has 1 N–H and O–H groups in total. The van der Waals surface area contributed by atoms with E-state index in [9.17, 15) is 9.59 Å². The monoisotopic (exact) mass is 268 g/mol. The molecule has 0 spiro atoms. The van der Waals surface area contributed by atoms with Crippen molar-refractivity contribution < 1.29 is 19.2 Å². The lowest BCUT2D eigenvalue weighted by Crippen LogP contribution is -2.28. The van der Waals surface area contributed by atoms with Crippen molar-refractivity contribution in [3.63, 3.8) is 0 Å². The van der Waals surface area contributed by atoms with Gasteiger partial charge in [-0.3, -0.25) is 9.59 Å². The summed E-state index contributed by atoms with van der Waals surface area (Å²) in [5.41, 5.74) is 1.80. The van der Waals surface area contributed by atoms with Crippen LogP contribution in [0.4, 0.5) is 0 Å². The first-order chi connectivity index (χ1) is 8.91. The van der Waals surface area contributed by atoms with Crippen LogP contribution >= 0.6 is 0 Å². The van der Waals surface area contributed by atoms with Crippen LogP contribution in [0.25, 0.3) is 0 Å². The molecule has 106 valence electrons. The van der Waals surface area contributed by atoms with Crippen LogP contribution in [0.5, 0.6) is 0 Å². The van der Waals surface area contributed by atoms with Gasteiger partial charge in [0, 0.05) is 32.0 Å². The highest BCUT2D eigenvalue weighted by Gasteiger charge is 2.13. The van der Waals surface area contributed by atoms with E-state index in [1.54, 1.807) is 11.9 Å². The maximum atomic E-state index is 11.9. The van der Waals surface area contributed by atoms with E-state index in [2.05, 4.69) is 5.16 Å². The SMILES string of the molecule is Cc1noc(C)c1CCC(=O)N(C)CCCC(=O)O. The van der Waals surface area contributed by atoms with E-state index < -0.39 is 5.97 Å². The molecule has 1 aromatic rings. The molecule has 0 aliphatic rings. The average Bonchev–Trinajstić information content (AvgIpc) is 2.65. The van der Waals surface area contributed by atoms with Gasteiger partial charge in [-0.1, -0.05) is 5.16 Å². The molecule has 1 rings (SSSR count). The van der Waals surface area contributed by atoms with Gasteiger partial charge in [-0.05, 0) is 26.7 Å². The number of aliphatic carboxylic acids is 1. The number of amides is 1. The second-order valence-corrected chi connectivity index (χ2v) is 4.62. The molecule has 0 aromatic carbocycles. The zero-order chi connectivity index (χ0) is 14.4. The largest absolute Gasteiger partial charge is 0.481 e. The molecule has 0 atom stereocenters. The fourth-order valence-electron chi connectivity index (χ4n) is 1.87. The van der Waals surface area contributed by atoms with Gasteiger partial charge in [-0.2, -0.15) is 0 Å². The Morgan fingerprint density at radius 3 is 2.53 bits per heavy atom. The molecule has 0 bridgehead atoms. The molecule has 19 heavy (non-hydrogen) atoms. The third kappa shape index (κ3) is 4.73. The Hall–Kier alpha value is -1.85. The highest BCUT2D eigenvalue weighted by atomic mass is 16.5. The van der Waals surface area contributed by atoms with Crippen molar-refractivity contribution in [2.45, 2.75) is 39.5 Å². The number of carbonyl (C=O) groups is 2. The van der Waals surface area contributed by atoms with Crippen LogP contribution in [0, 0.1) is 13.8 Å². The maximum absolute atomic E-state index is 11.9. The molecular weight excluding hydrogens is 248 g/mol. The first kappa shape index (κ1) is 15.2. The Morgan fingerprint density at radius 2 is 2.00 bits per heavy atom. The molecule has 1 heterocycles. The van der Waals surface area contributed by atoms with E-state index in [1.165, 1.54) is 0 Å². The summed E-state index contributed by atoms with van der Waals surface area (Å²) < 4.78 is 5.04. The van der Waals surface area contributed by atoms with Gasteiger partial charge in [0.15, 0.2) is 0 Å². The van der Waals surface area contributed by atoms with Crippen LogP contribution in [0.1, 0.15) is 36.3 Å². The number of carboxylic acids is 1. The number of hydrogen-bond donors (Lipinski definition) is 1. The zero-order valence-corrected chi connectivity index (χ0v) is 11.6. The Labute approximate surface area is 112 Å². The third-order valence-electron chi connectivity index (χ3n) is 3.08. The van der Waals surface area contributed by atoms with Crippen LogP contribution in [0.3, 0.4) is 0 Å². The van der Waals surface area contributed by atoms with Crippen molar-refractivity contribution in [2.24, 2.45) is 0 Å². The number of carbonyl (C=O) groups excluding carboxylic acids is 1. The topological polar surface area (TPSA) is 83.6 Å². The molecular formula is C13H20N2O4. The molecule has 0 aliphatic heterocycles. The quantitative estimate of drug-likeness (QED) is 0.811. The van der Waals surface area contributed by atoms with Crippen LogP contribution in [0.2, 0.25) is 0 Å². The predicted molar refractivity (Wildman–Crippen MR) is 68.8 cm³/mol. The zero-order valence-electron chi connectivity index (χ0n) is 11.6. The average molecular weight is 268 g/mol. The minimum absolute atomic E-state index is 0.00499. The van der Waals surface area contributed by atoms with Gasteiger partial charge in [0.05, 0.1) is 5.69 Å². The van der Waals surface area contributed by atoms with E-state index in [4.69, 9.17) is 9.63 Å². The van der Waals surface area contributed by atoms with Crippen molar-refractivity contribution >= 4 is 11.9 Å². The highest BCUT2D eigenvalue weighted by molar-refractivity contribution is 5.76. The van der Waals surface area contributed by atoms with E-state index in [-0.39, 0.29) is 12.3 Å². The van der Waals surface area contributed by atoms with Crippen molar-refractivity contribution in [3.05, 3.63) is 17.0 Å². The molecule has 0 saturated heterocycles. The lowest BCUT2D eigenvalue weighted by Gasteiger charge is -2.16. The lowest BCUT2D eigenvalue weighted by atomic mass is 10.1. The first-order valence-electron chi connectivity index (χ1n) is 6.29. The molecule has 1 amide bonds. The second-order valence-electron chi connectivity index (χ2n) is 4.62. The van der Waals surface area contributed by atoms with Gasteiger partial charge in [-0.15, -0.1) is 0 Å². The summed E-state index contributed by atoms with van der Waals surface area (Å²) >= 11 is 0. The second kappa shape index (κ2) is 6.92. The number of rotatable bonds is 7. The fourth-order valence-corrected chi connectivity index (χ4v) is 1.87. The Balaban J connectivity index is 2.36. The standard InChI is InChI=1S/C13H20N2O4/c1-9-11(10(2)19-14-9)6-7-12(16)15(3)8-4-5-13(17)18/h4-8H2,1-3H3,(H,17,18). The van der Waals surface area contributed by atoms with Gasteiger partial charge >= 0.3 is 5.97 Å². The van der Waals surface area contributed by atoms with E-state index in [0.717, 1.165) is 17.0 Å². The van der Waals surface area contributed by atoms with Gasteiger partial charge in [0.2, 0.25) is 5.91 Å². The lowest BCUT2D eigenvalue weighted by molar-refractivity contribution is -0.138. The van der Waals surface area contributed by atoms with E-state index in [0.29, 0.717) is 25.8 Å². The van der Waals surface area contributed by atoms with Crippen molar-refractivity contribution in [1.29, 1.82) is 0 Å². The number of aromatic nitrogens is 1. The summed E-state index contributed by atoms with van der Waals surface area (Å²) in [5, 5.41) is 12.4. The van der Waals surface area contributed by atoms with Crippen molar-refractivity contribution in [3.8, 4) is 0 Å². The molecule has 1 aromatic heterocycles. The van der Waals surface area contributed by atoms with Crippen LogP contribution in [-0.4, -0.2) is 40.6 Å². The number of aryl methyl sites for hydroxylation is 2. The summed E-state index contributed by atoms with van der Waals surface area (Å²) in [5.74, 6) is -0.0826. The van der Waals surface area contributed by atoms with Crippen LogP contribution in [-0.2, 0) is 16.0 Å². The third-order valence-corrected chi connectivity index (χ3v) is 3.08. The summed E-state index contributed by atoms with van der Waals surface area (Å²) in [6.07, 6.45) is 1.54. The van der Waals surface area contributed by atoms with Gasteiger partial charge < -0.3 is 14.5 Å². The molecule has 0 aliphatic carbocycles. The fraction of sp³-hybridized carbons (Fsp3) is 0.615. The van der Waals surface area contributed by atoms with Crippen molar-refractivity contribution in [1.82, 2.24) is 10.1 Å². The summed E-state index contributed by atoms with van der Waals surface area (Å²) in [6, 6.07) is 0. The van der Waals surface area contributed by atoms with E-state index in [1.807, 2.05) is 13.8 Å². The van der Waals surface area contributed by atoms with Gasteiger partial charge in [-0.25, -0.2) is 0 Å². The van der Waals surface area contributed by atoms with Crippen LogP contribution < -0.4 is 0 Å². The minimum Gasteiger partial charge on any atom is -0.481 e. The Morgan fingerprint density at radius 1 is 1.32 bits per heavy atom.